The van der Waals surface area contributed by atoms with E-state index in [2.05, 4.69) is 0 Å². The van der Waals surface area contributed by atoms with Crippen LogP contribution in [-0.2, 0) is 14.3 Å². The molecule has 3 aliphatic heterocycles. The van der Waals surface area contributed by atoms with Crippen molar-refractivity contribution in [2.75, 3.05) is 25.2 Å². The van der Waals surface area contributed by atoms with E-state index >= 15 is 0 Å². The molecule has 0 unspecified atom stereocenters. The Morgan fingerprint density at radius 2 is 1.49 bits per heavy atom. The number of esters is 1. The topological polar surface area (TPSA) is 93.2 Å². The van der Waals surface area contributed by atoms with E-state index in [-0.39, 0.29) is 17.7 Å². The third-order valence-corrected chi connectivity index (χ3v) is 11.1. The summed E-state index contributed by atoms with van der Waals surface area (Å²) >= 11 is 8.88. The molecule has 3 amide bonds. The summed E-state index contributed by atoms with van der Waals surface area (Å²) in [4.78, 5) is 57.9. The lowest BCUT2D eigenvalue weighted by molar-refractivity contribution is -0.137. The fourth-order valence-corrected chi connectivity index (χ4v) is 8.80. The molecule has 228 valence electrons. The fourth-order valence-electron chi connectivity index (χ4n) is 5.67. The Morgan fingerprint density at radius 1 is 0.867 bits per heavy atom. The molecule has 3 heterocycles. The van der Waals surface area contributed by atoms with Crippen LogP contribution in [0.1, 0.15) is 52.6 Å². The molecule has 0 atom stereocenters. The molecule has 0 spiro atoms. The second-order valence-corrected chi connectivity index (χ2v) is 13.5. The summed E-state index contributed by atoms with van der Waals surface area (Å²) in [5.74, 6) is -1.53. The molecule has 0 saturated carbocycles. The van der Waals surface area contributed by atoms with Gasteiger partial charge in [0.25, 0.3) is 11.8 Å². The van der Waals surface area contributed by atoms with Gasteiger partial charge in [0, 0.05) is 16.0 Å². The minimum Gasteiger partial charge on any atom is -0.495 e. The van der Waals surface area contributed by atoms with E-state index in [1.54, 1.807) is 37.3 Å². The van der Waals surface area contributed by atoms with E-state index in [0.717, 1.165) is 19.6 Å². The lowest BCUT2D eigenvalue weighted by atomic mass is 9.83. The molecule has 0 N–H and O–H groups in total. The van der Waals surface area contributed by atoms with Crippen molar-refractivity contribution >= 4 is 80.5 Å². The number of hydrogen-bond acceptors (Lipinski definition) is 9. The Bertz CT molecular complexity index is 1830. The zero-order valence-electron chi connectivity index (χ0n) is 24.9. The molecule has 3 aromatic carbocycles. The van der Waals surface area contributed by atoms with Gasteiger partial charge in [-0.2, -0.15) is 0 Å². The average Bonchev–Trinajstić information content (AvgIpc) is 3.58. The van der Waals surface area contributed by atoms with E-state index in [9.17, 15) is 19.2 Å². The Kier molecular flexibility index (Phi) is 8.19. The highest BCUT2D eigenvalue weighted by Crippen LogP contribution is 2.59. The van der Waals surface area contributed by atoms with Gasteiger partial charge in [0.05, 0.1) is 45.2 Å². The molecule has 8 nitrogen and oxygen atoms in total. The molecule has 11 heteroatoms. The first-order valence-corrected chi connectivity index (χ1v) is 16.2. The smallest absolute Gasteiger partial charge is 0.346 e. The molecule has 0 fully saturated rings. The van der Waals surface area contributed by atoms with Gasteiger partial charge in [-0.3, -0.25) is 24.2 Å². The van der Waals surface area contributed by atoms with E-state index in [1.165, 1.54) is 35.5 Å². The summed E-state index contributed by atoms with van der Waals surface area (Å²) < 4.78 is 12.0. The normalized spacial score (nSPS) is 18.7. The van der Waals surface area contributed by atoms with Gasteiger partial charge < -0.3 is 9.47 Å². The molecule has 0 radical (unpaired) electrons. The SMILES string of the molecule is CCOC(=O)C1=C(c2ccccc2)S/C(=C2\C(=S)C(C)(C)N(C(=O)CN3C(=O)c4ccccc4C3=O)c3c(OC)cccc32)S1. The number of benzene rings is 3. The first kappa shape index (κ1) is 30.8. The van der Waals surface area contributed by atoms with Gasteiger partial charge in [-0.25, -0.2) is 4.79 Å². The van der Waals surface area contributed by atoms with Crippen LogP contribution in [0, 0.1) is 0 Å². The number of methoxy groups -OCH3 is 1. The number of rotatable bonds is 6. The second kappa shape index (κ2) is 12.0. The second-order valence-electron chi connectivity index (χ2n) is 10.8. The summed E-state index contributed by atoms with van der Waals surface area (Å²) in [5.41, 5.74) is 2.13. The Balaban J connectivity index is 1.45. The Labute approximate surface area is 274 Å². The number of thioether (sulfide) groups is 2. The summed E-state index contributed by atoms with van der Waals surface area (Å²) in [6.45, 7) is 5.18. The van der Waals surface area contributed by atoms with Crippen LogP contribution in [0.5, 0.6) is 5.75 Å². The maximum Gasteiger partial charge on any atom is 0.346 e. The molecule has 0 bridgehead atoms. The third-order valence-electron chi connectivity index (χ3n) is 7.77. The fraction of sp³-hybridized carbons (Fsp3) is 0.206. The van der Waals surface area contributed by atoms with E-state index < -0.39 is 35.8 Å². The van der Waals surface area contributed by atoms with Crippen LogP contribution in [0.25, 0.3) is 10.5 Å². The predicted molar refractivity (Wildman–Crippen MR) is 181 cm³/mol. The average molecular weight is 657 g/mol. The molecule has 45 heavy (non-hydrogen) atoms. The standard InChI is InChI=1S/C34H28N2O6S3/c1-5-42-32(40)28-27(19-12-7-6-8-13-19)44-33(45-28)25-22-16-11-17-23(41-4)26(22)36(34(2,3)29(25)43)24(37)18-35-30(38)20-14-9-10-15-21(20)31(35)39/h6-17H,5,18H2,1-4H3/b33-25+. The largest absolute Gasteiger partial charge is 0.495 e. The van der Waals surface area contributed by atoms with Crippen molar-refractivity contribution in [1.82, 2.24) is 4.90 Å². The number of imide groups is 1. The maximum absolute atomic E-state index is 14.2. The lowest BCUT2D eigenvalue weighted by Crippen LogP contribution is -2.58. The number of anilines is 1. The molecular formula is C34H28N2O6S3. The molecule has 3 aromatic rings. The molecular weight excluding hydrogens is 629 g/mol. The van der Waals surface area contributed by atoms with Crippen molar-refractivity contribution in [3.8, 4) is 5.75 Å². The summed E-state index contributed by atoms with van der Waals surface area (Å²) in [7, 11) is 1.52. The van der Waals surface area contributed by atoms with Gasteiger partial charge in [0.15, 0.2) is 0 Å². The highest BCUT2D eigenvalue weighted by atomic mass is 32.2. The van der Waals surface area contributed by atoms with Crippen LogP contribution in [0.3, 0.4) is 0 Å². The molecule has 3 aliphatic rings. The Hall–Kier alpha value is -4.19. The van der Waals surface area contributed by atoms with Crippen LogP contribution < -0.4 is 9.64 Å². The lowest BCUT2D eigenvalue weighted by Gasteiger charge is -2.46. The highest BCUT2D eigenvalue weighted by Gasteiger charge is 2.48. The number of carbonyl (C=O) groups excluding carboxylic acids is 4. The minimum atomic E-state index is -1.09. The van der Waals surface area contributed by atoms with Crippen LogP contribution in [0.2, 0.25) is 0 Å². The first-order valence-electron chi connectivity index (χ1n) is 14.2. The summed E-state index contributed by atoms with van der Waals surface area (Å²) in [6.07, 6.45) is 0. The van der Waals surface area contributed by atoms with E-state index in [1.807, 2.05) is 56.3 Å². The third kappa shape index (κ3) is 5.08. The van der Waals surface area contributed by atoms with Crippen molar-refractivity contribution in [3.63, 3.8) is 0 Å². The number of nitrogens with zero attached hydrogens (tertiary/aromatic N) is 2. The number of para-hydroxylation sites is 1. The van der Waals surface area contributed by atoms with Crippen LogP contribution in [0.4, 0.5) is 5.69 Å². The molecule has 6 rings (SSSR count). The number of carbonyl (C=O) groups is 4. The van der Waals surface area contributed by atoms with Gasteiger partial charge in [0.1, 0.15) is 17.2 Å². The number of thiocarbonyl (C=S) groups is 1. The van der Waals surface area contributed by atoms with Gasteiger partial charge >= 0.3 is 5.97 Å². The summed E-state index contributed by atoms with van der Waals surface area (Å²) in [5, 5.41) is 0. The summed E-state index contributed by atoms with van der Waals surface area (Å²) in [6, 6.07) is 21.6. The van der Waals surface area contributed by atoms with Gasteiger partial charge in [-0.1, -0.05) is 90.3 Å². The van der Waals surface area contributed by atoms with Gasteiger partial charge in [0.2, 0.25) is 5.91 Å². The van der Waals surface area contributed by atoms with E-state index in [0.29, 0.717) is 32.3 Å². The minimum absolute atomic E-state index is 0.233. The van der Waals surface area contributed by atoms with Crippen LogP contribution >= 0.6 is 35.7 Å². The van der Waals surface area contributed by atoms with Gasteiger partial charge in [-0.15, -0.1) is 0 Å². The van der Waals surface area contributed by atoms with Crippen molar-refractivity contribution in [3.05, 3.63) is 104 Å². The van der Waals surface area contributed by atoms with Crippen molar-refractivity contribution < 1.29 is 28.7 Å². The van der Waals surface area contributed by atoms with Crippen molar-refractivity contribution in [2.24, 2.45) is 0 Å². The van der Waals surface area contributed by atoms with Crippen LogP contribution in [-0.4, -0.2) is 59.3 Å². The van der Waals surface area contributed by atoms with Gasteiger partial charge in [-0.05, 0) is 44.5 Å². The van der Waals surface area contributed by atoms with Crippen molar-refractivity contribution in [1.29, 1.82) is 0 Å². The Morgan fingerprint density at radius 3 is 2.11 bits per heavy atom. The predicted octanol–water partition coefficient (Wildman–Crippen LogP) is 6.57. The molecule has 0 aliphatic carbocycles. The van der Waals surface area contributed by atoms with Crippen molar-refractivity contribution in [2.45, 2.75) is 26.3 Å². The number of fused-ring (bicyclic) bond motifs is 2. The zero-order chi connectivity index (χ0) is 32.0. The highest BCUT2D eigenvalue weighted by molar-refractivity contribution is 8.32. The van der Waals surface area contributed by atoms with E-state index in [4.69, 9.17) is 21.7 Å². The first-order chi connectivity index (χ1) is 21.6. The number of amides is 3. The molecule has 0 aromatic heterocycles. The zero-order valence-corrected chi connectivity index (χ0v) is 27.4. The molecule has 0 saturated heterocycles. The quantitative estimate of drug-likeness (QED) is 0.126. The van der Waals surface area contributed by atoms with Crippen LogP contribution in [0.15, 0.2) is 81.9 Å². The monoisotopic (exact) mass is 656 g/mol. The maximum atomic E-state index is 14.2. The number of hydrogen-bond donors (Lipinski definition) is 0. The number of ether oxygens (including phenoxy) is 2.